The highest BCUT2D eigenvalue weighted by molar-refractivity contribution is 6.29. The second kappa shape index (κ2) is 11.0. The lowest BCUT2D eigenvalue weighted by atomic mass is 9.88. The molecule has 2 nitrogen and oxygen atoms in total. The molecule has 0 aliphatic heterocycles. The first-order chi connectivity index (χ1) is 24.3. The maximum atomic E-state index is 6.18. The van der Waals surface area contributed by atoms with Gasteiger partial charge in [0.2, 0.25) is 0 Å². The van der Waals surface area contributed by atoms with E-state index in [0.717, 1.165) is 50.0 Å². The van der Waals surface area contributed by atoms with E-state index in [-0.39, 0.29) is 0 Å². The normalized spacial score (nSPS) is 11.7. The van der Waals surface area contributed by atoms with E-state index in [1.807, 2.05) is 18.2 Å². The molecule has 10 aromatic rings. The molecule has 8 aromatic carbocycles. The topological polar surface area (TPSA) is 26.0 Å². The SMILES string of the molecule is c1ccc(-c2cc(-c3ccccc3)nc(-c3ccc4c(c3)c3ccccc3c3cccc(-c5ccc6oc7ccccc7c6c5)c34)c2)cc1. The second-order valence-electron chi connectivity index (χ2n) is 12.7. The third kappa shape index (κ3) is 4.53. The standard InChI is InChI=1S/C47H29NO/c1-3-12-30(13-4-1)34-28-43(31-14-5-2-6-15-31)48-44(29-34)33-22-24-40-41(27-33)37-17-8-7-16-36(37)39-20-11-19-35(47(39)40)32-23-25-46-42(26-32)38-18-9-10-21-45(38)49-46/h1-29H. The van der Waals surface area contributed by atoms with E-state index in [2.05, 4.69) is 158 Å². The minimum absolute atomic E-state index is 0.908. The number of hydrogen-bond acceptors (Lipinski definition) is 2. The van der Waals surface area contributed by atoms with Crippen molar-refractivity contribution >= 4 is 54.3 Å². The highest BCUT2D eigenvalue weighted by Crippen LogP contribution is 2.43. The molecule has 0 fully saturated rings. The van der Waals surface area contributed by atoms with Gasteiger partial charge in [-0.3, -0.25) is 0 Å². The van der Waals surface area contributed by atoms with Crippen molar-refractivity contribution in [2.24, 2.45) is 0 Å². The fourth-order valence-electron chi connectivity index (χ4n) is 7.53. The Hall–Kier alpha value is -6.51. The van der Waals surface area contributed by atoms with Crippen LogP contribution in [-0.4, -0.2) is 4.98 Å². The molecule has 0 aliphatic carbocycles. The summed E-state index contributed by atoms with van der Waals surface area (Å²) in [7, 11) is 0. The molecule has 10 rings (SSSR count). The van der Waals surface area contributed by atoms with E-state index in [4.69, 9.17) is 9.40 Å². The molecule has 49 heavy (non-hydrogen) atoms. The summed E-state index contributed by atoms with van der Waals surface area (Å²) in [5, 5.41) is 9.71. The van der Waals surface area contributed by atoms with Gasteiger partial charge < -0.3 is 4.42 Å². The third-order valence-electron chi connectivity index (χ3n) is 9.85. The van der Waals surface area contributed by atoms with Crippen molar-refractivity contribution in [3.05, 3.63) is 176 Å². The molecular weight excluding hydrogens is 595 g/mol. The number of pyridine rings is 1. The Labute approximate surface area is 283 Å². The van der Waals surface area contributed by atoms with Crippen LogP contribution in [0.5, 0.6) is 0 Å². The molecule has 0 aliphatic rings. The number of furan rings is 1. The Morgan fingerprint density at radius 2 is 0.878 bits per heavy atom. The molecule has 0 saturated carbocycles. The van der Waals surface area contributed by atoms with Crippen molar-refractivity contribution in [1.29, 1.82) is 0 Å². The minimum Gasteiger partial charge on any atom is -0.456 e. The van der Waals surface area contributed by atoms with E-state index in [9.17, 15) is 0 Å². The van der Waals surface area contributed by atoms with Crippen LogP contribution in [0.4, 0.5) is 0 Å². The van der Waals surface area contributed by atoms with Gasteiger partial charge in [-0.2, -0.15) is 0 Å². The van der Waals surface area contributed by atoms with Crippen molar-refractivity contribution in [1.82, 2.24) is 4.98 Å². The molecule has 228 valence electrons. The average molecular weight is 624 g/mol. The van der Waals surface area contributed by atoms with Crippen molar-refractivity contribution in [2.45, 2.75) is 0 Å². The number of para-hydroxylation sites is 1. The van der Waals surface area contributed by atoms with E-state index >= 15 is 0 Å². The van der Waals surface area contributed by atoms with Crippen molar-refractivity contribution in [2.75, 3.05) is 0 Å². The molecule has 0 bridgehead atoms. The monoisotopic (exact) mass is 623 g/mol. The van der Waals surface area contributed by atoms with E-state index in [0.29, 0.717) is 0 Å². The van der Waals surface area contributed by atoms with Gasteiger partial charge in [0.25, 0.3) is 0 Å². The number of hydrogen-bond donors (Lipinski definition) is 0. The molecule has 0 spiro atoms. The molecular formula is C47H29NO. The van der Waals surface area contributed by atoms with Crippen LogP contribution in [0.2, 0.25) is 0 Å². The Balaban J connectivity index is 1.23. The zero-order chi connectivity index (χ0) is 32.3. The van der Waals surface area contributed by atoms with Gasteiger partial charge in [-0.15, -0.1) is 0 Å². The first-order valence-corrected chi connectivity index (χ1v) is 16.7. The van der Waals surface area contributed by atoms with Crippen LogP contribution < -0.4 is 0 Å². The number of rotatable bonds is 4. The highest BCUT2D eigenvalue weighted by atomic mass is 16.3. The van der Waals surface area contributed by atoms with Crippen molar-refractivity contribution in [3.8, 4) is 44.8 Å². The summed E-state index contributed by atoms with van der Waals surface area (Å²) >= 11 is 0. The fourth-order valence-corrected chi connectivity index (χ4v) is 7.53. The Morgan fingerprint density at radius 1 is 0.306 bits per heavy atom. The summed E-state index contributed by atoms with van der Waals surface area (Å²) in [6.45, 7) is 0. The minimum atomic E-state index is 0.908. The van der Waals surface area contributed by atoms with Gasteiger partial charge in [0, 0.05) is 21.9 Å². The molecule has 2 aromatic heterocycles. The smallest absolute Gasteiger partial charge is 0.135 e. The van der Waals surface area contributed by atoms with Crippen LogP contribution >= 0.6 is 0 Å². The third-order valence-corrected chi connectivity index (χ3v) is 9.85. The molecule has 2 heterocycles. The first kappa shape index (κ1) is 27.6. The summed E-state index contributed by atoms with van der Waals surface area (Å²) in [5.41, 5.74) is 10.6. The predicted octanol–water partition coefficient (Wildman–Crippen LogP) is 13.1. The molecule has 0 unspecified atom stereocenters. The van der Waals surface area contributed by atoms with Crippen LogP contribution in [0, 0.1) is 0 Å². The van der Waals surface area contributed by atoms with Crippen LogP contribution in [0.25, 0.3) is 99.0 Å². The van der Waals surface area contributed by atoms with Crippen LogP contribution in [0.3, 0.4) is 0 Å². The maximum Gasteiger partial charge on any atom is 0.135 e. The lowest BCUT2D eigenvalue weighted by Crippen LogP contribution is -1.92. The first-order valence-electron chi connectivity index (χ1n) is 16.7. The van der Waals surface area contributed by atoms with Crippen molar-refractivity contribution in [3.63, 3.8) is 0 Å². The van der Waals surface area contributed by atoms with Crippen LogP contribution in [-0.2, 0) is 0 Å². The summed E-state index contributed by atoms with van der Waals surface area (Å²) in [6, 6.07) is 62.7. The summed E-state index contributed by atoms with van der Waals surface area (Å²) in [5.74, 6) is 0. The van der Waals surface area contributed by atoms with Gasteiger partial charge in [0.05, 0.1) is 11.4 Å². The zero-order valence-corrected chi connectivity index (χ0v) is 26.6. The fraction of sp³-hybridized carbons (Fsp3) is 0. The van der Waals surface area contributed by atoms with Crippen LogP contribution in [0.15, 0.2) is 180 Å². The number of aromatic nitrogens is 1. The average Bonchev–Trinajstić information content (AvgIpc) is 3.56. The lowest BCUT2D eigenvalue weighted by molar-refractivity contribution is 0.669. The van der Waals surface area contributed by atoms with Gasteiger partial charge in [-0.25, -0.2) is 4.98 Å². The van der Waals surface area contributed by atoms with Gasteiger partial charge in [-0.1, -0.05) is 140 Å². The number of nitrogens with zero attached hydrogens (tertiary/aromatic N) is 1. The predicted molar refractivity (Wildman–Crippen MR) is 206 cm³/mol. The second-order valence-corrected chi connectivity index (χ2v) is 12.7. The highest BCUT2D eigenvalue weighted by Gasteiger charge is 2.16. The lowest BCUT2D eigenvalue weighted by Gasteiger charge is -2.16. The van der Waals surface area contributed by atoms with Gasteiger partial charge in [-0.05, 0) is 91.0 Å². The van der Waals surface area contributed by atoms with Gasteiger partial charge in [0.15, 0.2) is 0 Å². The maximum absolute atomic E-state index is 6.18. The largest absolute Gasteiger partial charge is 0.456 e. The summed E-state index contributed by atoms with van der Waals surface area (Å²) in [6.07, 6.45) is 0. The Morgan fingerprint density at radius 3 is 1.67 bits per heavy atom. The molecule has 0 saturated heterocycles. The molecule has 0 atom stereocenters. The number of benzene rings is 8. The van der Waals surface area contributed by atoms with E-state index in [1.165, 1.54) is 49.0 Å². The molecule has 0 N–H and O–H groups in total. The van der Waals surface area contributed by atoms with Crippen LogP contribution in [0.1, 0.15) is 0 Å². The van der Waals surface area contributed by atoms with E-state index in [1.54, 1.807) is 0 Å². The quantitative estimate of drug-likeness (QED) is 0.182. The van der Waals surface area contributed by atoms with Gasteiger partial charge >= 0.3 is 0 Å². The summed E-state index contributed by atoms with van der Waals surface area (Å²) < 4.78 is 6.18. The van der Waals surface area contributed by atoms with Gasteiger partial charge in [0.1, 0.15) is 11.2 Å². The summed E-state index contributed by atoms with van der Waals surface area (Å²) in [4.78, 5) is 5.25. The molecule has 0 radical (unpaired) electrons. The zero-order valence-electron chi connectivity index (χ0n) is 26.6. The Kier molecular flexibility index (Phi) is 6.22. The Bertz CT molecular complexity index is 2810. The molecule has 2 heteroatoms. The number of fused-ring (bicyclic) bond motifs is 9. The van der Waals surface area contributed by atoms with E-state index < -0.39 is 0 Å². The van der Waals surface area contributed by atoms with Crippen molar-refractivity contribution < 1.29 is 4.42 Å². The molecule has 0 amide bonds.